The lowest BCUT2D eigenvalue weighted by molar-refractivity contribution is 0.561. The summed E-state index contributed by atoms with van der Waals surface area (Å²) >= 11 is 3.50. The van der Waals surface area contributed by atoms with Crippen LogP contribution in [0.2, 0.25) is 0 Å². The van der Waals surface area contributed by atoms with E-state index in [9.17, 15) is 0 Å². The minimum Gasteiger partial charge on any atom is -0.441 e. The first kappa shape index (κ1) is 12.4. The lowest BCUT2D eigenvalue weighted by Gasteiger charge is -1.97. The zero-order valence-electron chi connectivity index (χ0n) is 10.6. The van der Waals surface area contributed by atoms with Gasteiger partial charge >= 0.3 is 0 Å². The van der Waals surface area contributed by atoms with Crippen LogP contribution < -0.4 is 5.32 Å². The van der Waals surface area contributed by atoms with Crippen molar-refractivity contribution in [2.75, 3.05) is 7.05 Å². The van der Waals surface area contributed by atoms with Gasteiger partial charge in [0.05, 0.1) is 6.54 Å². The van der Waals surface area contributed by atoms with Crippen LogP contribution in [-0.2, 0) is 6.54 Å². The Hall–Kier alpha value is -1.66. The highest BCUT2D eigenvalue weighted by Crippen LogP contribution is 2.28. The predicted octanol–water partition coefficient (Wildman–Crippen LogP) is 3.01. The topological polar surface area (TPSA) is 66.7 Å². The van der Waals surface area contributed by atoms with Crippen LogP contribution in [0.3, 0.4) is 0 Å². The molecular formula is C13H13BrN4O. The van der Waals surface area contributed by atoms with Crippen molar-refractivity contribution >= 4 is 27.0 Å². The molecule has 19 heavy (non-hydrogen) atoms. The van der Waals surface area contributed by atoms with E-state index in [0.717, 1.165) is 32.8 Å². The normalized spacial score (nSPS) is 11.3. The van der Waals surface area contributed by atoms with E-state index in [1.165, 1.54) is 0 Å². The van der Waals surface area contributed by atoms with Gasteiger partial charge in [0, 0.05) is 12.5 Å². The number of hydrogen-bond acceptors (Lipinski definition) is 4. The van der Waals surface area contributed by atoms with Crippen molar-refractivity contribution in [2.24, 2.45) is 0 Å². The first-order valence-corrected chi connectivity index (χ1v) is 6.73. The number of H-pyrrole nitrogens is 1. The molecule has 2 N–H and O–H groups in total. The fraction of sp³-hybridized carbons (Fsp3) is 0.231. The summed E-state index contributed by atoms with van der Waals surface area (Å²) in [5.41, 5.74) is 3.53. The largest absolute Gasteiger partial charge is 0.441 e. The molecule has 0 saturated heterocycles. The molecule has 0 unspecified atom stereocenters. The van der Waals surface area contributed by atoms with Gasteiger partial charge in [-0.15, -0.1) is 0 Å². The molecule has 2 heterocycles. The third-order valence-corrected chi connectivity index (χ3v) is 3.39. The number of aryl methyl sites for hydroxylation is 1. The molecule has 6 heteroatoms. The number of oxazole rings is 1. The molecule has 0 bridgehead atoms. The number of nitrogens with zero attached hydrogens (tertiary/aromatic N) is 2. The number of aromatic nitrogens is 3. The molecule has 3 aromatic rings. The molecule has 2 aromatic heterocycles. The Bertz CT molecular complexity index is 731. The minimum atomic E-state index is 0.670. The summed E-state index contributed by atoms with van der Waals surface area (Å²) in [6.45, 7) is 2.54. The average Bonchev–Trinajstić information content (AvgIpc) is 2.90. The summed E-state index contributed by atoms with van der Waals surface area (Å²) in [7, 11) is 1.89. The maximum Gasteiger partial charge on any atom is 0.192 e. The van der Waals surface area contributed by atoms with Gasteiger partial charge < -0.3 is 14.7 Å². The Balaban J connectivity index is 2.07. The van der Waals surface area contributed by atoms with Gasteiger partial charge in [-0.1, -0.05) is 0 Å². The third-order valence-electron chi connectivity index (χ3n) is 2.82. The third kappa shape index (κ3) is 2.29. The average molecular weight is 321 g/mol. The van der Waals surface area contributed by atoms with Crippen molar-refractivity contribution in [1.29, 1.82) is 0 Å². The molecule has 98 valence electrons. The molecule has 0 amide bonds. The standard InChI is InChI=1S/C13H13BrN4O/c1-7-16-9-5-8(3-4-10(9)19-7)12-13(14)18-11(17-12)6-15-2/h3-5,15H,6H2,1-2H3,(H,17,18). The molecule has 1 aromatic carbocycles. The van der Waals surface area contributed by atoms with E-state index >= 15 is 0 Å². The van der Waals surface area contributed by atoms with Crippen LogP contribution >= 0.6 is 15.9 Å². The number of hydrogen-bond donors (Lipinski definition) is 2. The number of aromatic amines is 1. The Kier molecular flexibility index (Phi) is 3.12. The van der Waals surface area contributed by atoms with Crippen LogP contribution in [0.25, 0.3) is 22.4 Å². The van der Waals surface area contributed by atoms with Crippen molar-refractivity contribution in [3.05, 3.63) is 34.5 Å². The highest BCUT2D eigenvalue weighted by Gasteiger charge is 2.12. The van der Waals surface area contributed by atoms with E-state index in [-0.39, 0.29) is 0 Å². The first-order chi connectivity index (χ1) is 9.17. The highest BCUT2D eigenvalue weighted by atomic mass is 79.9. The van der Waals surface area contributed by atoms with E-state index in [1.54, 1.807) is 0 Å². The van der Waals surface area contributed by atoms with Gasteiger partial charge in [-0.3, -0.25) is 0 Å². The maximum atomic E-state index is 5.47. The van der Waals surface area contributed by atoms with Crippen LogP contribution in [0.4, 0.5) is 0 Å². The zero-order chi connectivity index (χ0) is 13.4. The van der Waals surface area contributed by atoms with E-state index in [2.05, 4.69) is 36.2 Å². The molecular weight excluding hydrogens is 308 g/mol. The van der Waals surface area contributed by atoms with E-state index in [1.807, 2.05) is 32.2 Å². The molecule has 3 rings (SSSR count). The summed E-state index contributed by atoms with van der Waals surface area (Å²) in [5, 5.41) is 3.07. The zero-order valence-corrected chi connectivity index (χ0v) is 12.2. The molecule has 0 atom stereocenters. The van der Waals surface area contributed by atoms with Crippen LogP contribution in [0.15, 0.2) is 27.2 Å². The second-order valence-electron chi connectivity index (χ2n) is 4.29. The Morgan fingerprint density at radius 1 is 1.37 bits per heavy atom. The van der Waals surface area contributed by atoms with E-state index in [0.29, 0.717) is 12.4 Å². The van der Waals surface area contributed by atoms with Gasteiger partial charge in [-0.2, -0.15) is 0 Å². The molecule has 0 spiro atoms. The Labute approximate surface area is 118 Å². The predicted molar refractivity (Wildman–Crippen MR) is 76.8 cm³/mol. The quantitative estimate of drug-likeness (QED) is 0.778. The first-order valence-electron chi connectivity index (χ1n) is 5.94. The molecule has 0 aliphatic carbocycles. The van der Waals surface area contributed by atoms with Gasteiger partial charge in [0.25, 0.3) is 0 Å². The maximum absolute atomic E-state index is 5.47. The minimum absolute atomic E-state index is 0.670. The summed E-state index contributed by atoms with van der Waals surface area (Å²) < 4.78 is 6.34. The Morgan fingerprint density at radius 3 is 3.00 bits per heavy atom. The second-order valence-corrected chi connectivity index (χ2v) is 5.08. The summed E-state index contributed by atoms with van der Waals surface area (Å²) in [6, 6.07) is 5.89. The van der Waals surface area contributed by atoms with Crippen molar-refractivity contribution < 1.29 is 4.42 Å². The Morgan fingerprint density at radius 2 is 2.21 bits per heavy atom. The van der Waals surface area contributed by atoms with Crippen molar-refractivity contribution in [1.82, 2.24) is 20.3 Å². The van der Waals surface area contributed by atoms with Crippen molar-refractivity contribution in [3.63, 3.8) is 0 Å². The van der Waals surface area contributed by atoms with Gasteiger partial charge in [0.2, 0.25) is 0 Å². The van der Waals surface area contributed by atoms with Gasteiger partial charge in [0.1, 0.15) is 21.6 Å². The van der Waals surface area contributed by atoms with Gasteiger partial charge in [-0.25, -0.2) is 9.97 Å². The summed E-state index contributed by atoms with van der Waals surface area (Å²) in [5.74, 6) is 1.56. The van der Waals surface area contributed by atoms with E-state index < -0.39 is 0 Å². The summed E-state index contributed by atoms with van der Waals surface area (Å²) in [4.78, 5) is 12.1. The van der Waals surface area contributed by atoms with Crippen molar-refractivity contribution in [3.8, 4) is 11.3 Å². The lowest BCUT2D eigenvalue weighted by atomic mass is 10.1. The van der Waals surface area contributed by atoms with Crippen LogP contribution in [-0.4, -0.2) is 22.0 Å². The molecule has 0 radical (unpaired) electrons. The van der Waals surface area contributed by atoms with Crippen LogP contribution in [0, 0.1) is 6.92 Å². The molecule has 5 nitrogen and oxygen atoms in total. The van der Waals surface area contributed by atoms with Crippen LogP contribution in [0.1, 0.15) is 11.7 Å². The number of rotatable bonds is 3. The van der Waals surface area contributed by atoms with Crippen LogP contribution in [0.5, 0.6) is 0 Å². The SMILES string of the molecule is CNCc1nc(-c2ccc3oc(C)nc3c2)c(Br)[nH]1. The van der Waals surface area contributed by atoms with E-state index in [4.69, 9.17) is 4.42 Å². The second kappa shape index (κ2) is 4.79. The summed E-state index contributed by atoms with van der Waals surface area (Å²) in [6.07, 6.45) is 0. The fourth-order valence-electron chi connectivity index (χ4n) is 2.03. The number of benzene rings is 1. The smallest absolute Gasteiger partial charge is 0.192 e. The van der Waals surface area contributed by atoms with Gasteiger partial charge in [0.15, 0.2) is 11.5 Å². The monoisotopic (exact) mass is 320 g/mol. The highest BCUT2D eigenvalue weighted by molar-refractivity contribution is 9.10. The number of imidazole rings is 1. The number of nitrogens with one attached hydrogen (secondary N) is 2. The molecule has 0 fully saturated rings. The fourth-order valence-corrected chi connectivity index (χ4v) is 2.58. The van der Waals surface area contributed by atoms with Crippen molar-refractivity contribution in [2.45, 2.75) is 13.5 Å². The number of halogens is 1. The molecule has 0 aliphatic rings. The number of fused-ring (bicyclic) bond motifs is 1. The molecule has 0 saturated carbocycles. The van der Waals surface area contributed by atoms with Gasteiger partial charge in [-0.05, 0) is 41.2 Å². The molecule has 0 aliphatic heterocycles. The lowest BCUT2D eigenvalue weighted by Crippen LogP contribution is -2.06.